The van der Waals surface area contributed by atoms with E-state index in [1.807, 2.05) is 23.6 Å². The molecular formula is C14H10N2O2S. The van der Waals surface area contributed by atoms with E-state index in [0.717, 1.165) is 4.88 Å². The standard InChI is InChI=1S/C14H10N2O2S/c17-12-6-2-1-5-11(12)14-15-13(16-18-14)8-7-10-4-3-9-19-10/h1-9,17H. The first kappa shape index (κ1) is 11.7. The molecule has 0 saturated carbocycles. The quantitative estimate of drug-likeness (QED) is 0.788. The van der Waals surface area contributed by atoms with Gasteiger partial charge < -0.3 is 9.63 Å². The number of phenols is 1. The molecule has 0 spiro atoms. The molecule has 2 heterocycles. The van der Waals surface area contributed by atoms with Gasteiger partial charge in [-0.25, -0.2) is 0 Å². The molecule has 94 valence electrons. The van der Waals surface area contributed by atoms with Crippen LogP contribution in [-0.4, -0.2) is 15.2 Å². The molecule has 5 heteroatoms. The summed E-state index contributed by atoms with van der Waals surface area (Å²) in [5.41, 5.74) is 0.533. The number of rotatable bonds is 3. The molecule has 3 aromatic rings. The van der Waals surface area contributed by atoms with E-state index >= 15 is 0 Å². The smallest absolute Gasteiger partial charge is 0.261 e. The molecule has 2 aromatic heterocycles. The summed E-state index contributed by atoms with van der Waals surface area (Å²) in [6.07, 6.45) is 3.70. The maximum absolute atomic E-state index is 9.71. The number of aromatic nitrogens is 2. The molecular weight excluding hydrogens is 260 g/mol. The zero-order valence-electron chi connectivity index (χ0n) is 9.85. The molecule has 0 unspecified atom stereocenters. The number of nitrogens with zero attached hydrogens (tertiary/aromatic N) is 2. The van der Waals surface area contributed by atoms with Gasteiger partial charge in [-0.3, -0.25) is 0 Å². The van der Waals surface area contributed by atoms with Crippen LogP contribution in [0.2, 0.25) is 0 Å². The second-order valence-corrected chi connectivity index (χ2v) is 4.80. The zero-order chi connectivity index (χ0) is 13.1. The number of para-hydroxylation sites is 1. The molecule has 0 saturated heterocycles. The number of phenolic OH excluding ortho intramolecular Hbond substituents is 1. The largest absolute Gasteiger partial charge is 0.507 e. The van der Waals surface area contributed by atoms with E-state index in [1.165, 1.54) is 0 Å². The maximum Gasteiger partial charge on any atom is 0.261 e. The molecule has 0 atom stereocenters. The highest BCUT2D eigenvalue weighted by Crippen LogP contribution is 2.27. The van der Waals surface area contributed by atoms with Crippen molar-refractivity contribution in [2.45, 2.75) is 0 Å². The first-order chi connectivity index (χ1) is 9.33. The van der Waals surface area contributed by atoms with Crippen LogP contribution in [0.25, 0.3) is 23.6 Å². The monoisotopic (exact) mass is 270 g/mol. The fourth-order valence-corrected chi connectivity index (χ4v) is 2.23. The summed E-state index contributed by atoms with van der Waals surface area (Å²) in [6, 6.07) is 10.8. The van der Waals surface area contributed by atoms with Crippen LogP contribution in [0.5, 0.6) is 5.75 Å². The Labute approximate surface area is 113 Å². The van der Waals surface area contributed by atoms with E-state index in [0.29, 0.717) is 17.3 Å². The number of benzene rings is 1. The minimum atomic E-state index is 0.125. The number of hydrogen-bond donors (Lipinski definition) is 1. The van der Waals surface area contributed by atoms with E-state index in [-0.39, 0.29) is 5.75 Å². The molecule has 0 fully saturated rings. The Balaban J connectivity index is 1.86. The zero-order valence-corrected chi connectivity index (χ0v) is 10.7. The fourth-order valence-electron chi connectivity index (χ4n) is 1.61. The first-order valence-electron chi connectivity index (χ1n) is 5.66. The fraction of sp³-hybridized carbons (Fsp3) is 0. The molecule has 1 N–H and O–H groups in total. The minimum absolute atomic E-state index is 0.125. The third-order valence-corrected chi connectivity index (χ3v) is 3.35. The van der Waals surface area contributed by atoms with Crippen LogP contribution in [0, 0.1) is 0 Å². The van der Waals surface area contributed by atoms with Crippen LogP contribution in [0.15, 0.2) is 46.3 Å². The lowest BCUT2D eigenvalue weighted by molar-refractivity contribution is 0.423. The predicted octanol–water partition coefficient (Wildman–Crippen LogP) is 3.67. The second kappa shape index (κ2) is 5.07. The van der Waals surface area contributed by atoms with Gasteiger partial charge in [-0.15, -0.1) is 11.3 Å². The van der Waals surface area contributed by atoms with E-state index in [2.05, 4.69) is 10.1 Å². The molecule has 0 amide bonds. The van der Waals surface area contributed by atoms with Crippen LogP contribution in [0.4, 0.5) is 0 Å². The maximum atomic E-state index is 9.71. The Morgan fingerprint density at radius 1 is 1.11 bits per heavy atom. The molecule has 4 nitrogen and oxygen atoms in total. The molecule has 0 aliphatic carbocycles. The van der Waals surface area contributed by atoms with Crippen LogP contribution in [0.1, 0.15) is 10.7 Å². The van der Waals surface area contributed by atoms with Gasteiger partial charge in [0.25, 0.3) is 5.89 Å². The van der Waals surface area contributed by atoms with Gasteiger partial charge in [0.1, 0.15) is 5.75 Å². The Bertz CT molecular complexity index is 702. The predicted molar refractivity (Wildman–Crippen MR) is 74.6 cm³/mol. The van der Waals surface area contributed by atoms with Crippen molar-refractivity contribution in [3.05, 3.63) is 52.5 Å². The number of thiophene rings is 1. The van der Waals surface area contributed by atoms with Crippen LogP contribution in [0.3, 0.4) is 0 Å². The second-order valence-electron chi connectivity index (χ2n) is 3.82. The van der Waals surface area contributed by atoms with Crippen molar-refractivity contribution in [1.82, 2.24) is 10.1 Å². The van der Waals surface area contributed by atoms with Gasteiger partial charge in [-0.2, -0.15) is 4.98 Å². The summed E-state index contributed by atoms with van der Waals surface area (Å²) >= 11 is 1.63. The molecule has 0 radical (unpaired) electrons. The Morgan fingerprint density at radius 3 is 2.79 bits per heavy atom. The SMILES string of the molecule is Oc1ccccc1-c1nc(C=Cc2cccs2)no1. The highest BCUT2D eigenvalue weighted by Gasteiger charge is 2.10. The van der Waals surface area contributed by atoms with Gasteiger partial charge in [0, 0.05) is 4.88 Å². The topological polar surface area (TPSA) is 59.2 Å². The lowest BCUT2D eigenvalue weighted by atomic mass is 10.2. The van der Waals surface area contributed by atoms with Gasteiger partial charge in [0.05, 0.1) is 5.56 Å². The van der Waals surface area contributed by atoms with Crippen LogP contribution in [-0.2, 0) is 0 Å². The summed E-state index contributed by atoms with van der Waals surface area (Å²) in [5.74, 6) is 0.913. The molecule has 0 aliphatic heterocycles. The minimum Gasteiger partial charge on any atom is -0.507 e. The van der Waals surface area contributed by atoms with Gasteiger partial charge in [-0.05, 0) is 35.7 Å². The highest BCUT2D eigenvalue weighted by molar-refractivity contribution is 7.10. The molecule has 0 bridgehead atoms. The molecule has 0 aliphatic rings. The molecule has 19 heavy (non-hydrogen) atoms. The van der Waals surface area contributed by atoms with E-state index in [4.69, 9.17) is 4.52 Å². The molecule has 1 aromatic carbocycles. The summed E-state index contributed by atoms with van der Waals surface area (Å²) in [5, 5.41) is 15.6. The average molecular weight is 270 g/mol. The van der Waals surface area contributed by atoms with Gasteiger partial charge in [0.2, 0.25) is 0 Å². The number of aromatic hydroxyl groups is 1. The molecule has 3 rings (SSSR count). The van der Waals surface area contributed by atoms with Gasteiger partial charge in [0.15, 0.2) is 5.82 Å². The van der Waals surface area contributed by atoms with Crippen LogP contribution >= 0.6 is 11.3 Å². The summed E-state index contributed by atoms with van der Waals surface area (Å²) in [4.78, 5) is 5.34. The number of hydrogen-bond acceptors (Lipinski definition) is 5. The van der Waals surface area contributed by atoms with E-state index < -0.39 is 0 Å². The van der Waals surface area contributed by atoms with Crippen molar-refractivity contribution < 1.29 is 9.63 Å². The average Bonchev–Trinajstić information content (AvgIpc) is 3.08. The van der Waals surface area contributed by atoms with Crippen molar-refractivity contribution in [3.63, 3.8) is 0 Å². The Kier molecular flexibility index (Phi) is 3.12. The lowest BCUT2D eigenvalue weighted by Gasteiger charge is -1.96. The van der Waals surface area contributed by atoms with Crippen molar-refractivity contribution in [1.29, 1.82) is 0 Å². The van der Waals surface area contributed by atoms with Crippen molar-refractivity contribution in [2.75, 3.05) is 0 Å². The van der Waals surface area contributed by atoms with E-state index in [9.17, 15) is 5.11 Å². The Hall–Kier alpha value is -2.40. The van der Waals surface area contributed by atoms with Crippen molar-refractivity contribution >= 4 is 23.5 Å². The van der Waals surface area contributed by atoms with E-state index in [1.54, 1.807) is 41.7 Å². The summed E-state index contributed by atoms with van der Waals surface area (Å²) in [6.45, 7) is 0. The normalized spacial score (nSPS) is 11.2. The third kappa shape index (κ3) is 2.56. The summed E-state index contributed by atoms with van der Waals surface area (Å²) < 4.78 is 5.13. The van der Waals surface area contributed by atoms with Gasteiger partial charge >= 0.3 is 0 Å². The lowest BCUT2D eigenvalue weighted by Crippen LogP contribution is -1.79. The van der Waals surface area contributed by atoms with Crippen LogP contribution < -0.4 is 0 Å². The highest BCUT2D eigenvalue weighted by atomic mass is 32.1. The third-order valence-electron chi connectivity index (χ3n) is 2.52. The van der Waals surface area contributed by atoms with Crippen molar-refractivity contribution in [2.24, 2.45) is 0 Å². The Morgan fingerprint density at radius 2 is 2.00 bits per heavy atom. The van der Waals surface area contributed by atoms with Crippen molar-refractivity contribution in [3.8, 4) is 17.2 Å². The first-order valence-corrected chi connectivity index (χ1v) is 6.54. The van der Waals surface area contributed by atoms with Gasteiger partial charge in [-0.1, -0.05) is 23.4 Å². The summed E-state index contributed by atoms with van der Waals surface area (Å²) in [7, 11) is 0.